The van der Waals surface area contributed by atoms with Crippen LogP contribution in [0.25, 0.3) is 10.9 Å². The predicted octanol–water partition coefficient (Wildman–Crippen LogP) is 3.46. The van der Waals surface area contributed by atoms with E-state index in [1.807, 2.05) is 24.4 Å². The van der Waals surface area contributed by atoms with E-state index in [0.29, 0.717) is 25.1 Å². The Morgan fingerprint density at radius 3 is 2.71 bits per heavy atom. The van der Waals surface area contributed by atoms with E-state index in [9.17, 15) is 9.59 Å². The highest BCUT2D eigenvalue weighted by atomic mass is 16.2. The fourth-order valence-electron chi connectivity index (χ4n) is 3.11. The molecule has 0 aliphatic carbocycles. The van der Waals surface area contributed by atoms with Gasteiger partial charge in [-0.1, -0.05) is 38.0 Å². The van der Waals surface area contributed by atoms with Gasteiger partial charge in [-0.3, -0.25) is 14.6 Å². The molecule has 0 spiro atoms. The number of fused-ring (bicyclic) bond motifs is 1. The standard InChI is InChI=1S/C22H26N4O2/c1-2-3-6-11-24-21(27)16-9-12-23-20(14-16)22(28)25-13-10-17-15-26-19-8-5-4-7-18(17)19/h4-5,7-9,12,14-15,26H,2-3,6,10-11,13H2,1H3,(H,24,27)(H,25,28). The average Bonchev–Trinajstić information content (AvgIpc) is 3.14. The van der Waals surface area contributed by atoms with Gasteiger partial charge in [0, 0.05) is 41.9 Å². The summed E-state index contributed by atoms with van der Waals surface area (Å²) < 4.78 is 0. The van der Waals surface area contributed by atoms with Crippen LogP contribution < -0.4 is 10.6 Å². The Balaban J connectivity index is 1.53. The number of hydrogen-bond donors (Lipinski definition) is 3. The van der Waals surface area contributed by atoms with Gasteiger partial charge in [0.05, 0.1) is 0 Å². The minimum Gasteiger partial charge on any atom is -0.361 e. The van der Waals surface area contributed by atoms with Crippen molar-refractivity contribution in [3.8, 4) is 0 Å². The van der Waals surface area contributed by atoms with Gasteiger partial charge in [0.1, 0.15) is 5.69 Å². The van der Waals surface area contributed by atoms with Crippen LogP contribution in [0.3, 0.4) is 0 Å². The number of rotatable bonds is 9. The molecule has 0 atom stereocenters. The van der Waals surface area contributed by atoms with Crippen LogP contribution in [-0.4, -0.2) is 34.9 Å². The molecule has 146 valence electrons. The number of para-hydroxylation sites is 1. The Labute approximate surface area is 164 Å². The Kier molecular flexibility index (Phi) is 6.78. The molecule has 2 heterocycles. The summed E-state index contributed by atoms with van der Waals surface area (Å²) in [5.74, 6) is -0.452. The van der Waals surface area contributed by atoms with Gasteiger partial charge in [-0.15, -0.1) is 0 Å². The predicted molar refractivity (Wildman–Crippen MR) is 110 cm³/mol. The first-order valence-electron chi connectivity index (χ1n) is 9.76. The lowest BCUT2D eigenvalue weighted by Gasteiger charge is -2.07. The van der Waals surface area contributed by atoms with Crippen LogP contribution in [0, 0.1) is 0 Å². The molecule has 6 nitrogen and oxygen atoms in total. The van der Waals surface area contributed by atoms with Gasteiger partial charge in [0.2, 0.25) is 0 Å². The molecule has 0 radical (unpaired) electrons. The van der Waals surface area contributed by atoms with Crippen molar-refractivity contribution in [3.63, 3.8) is 0 Å². The number of H-pyrrole nitrogens is 1. The first-order chi connectivity index (χ1) is 13.7. The number of nitrogens with one attached hydrogen (secondary N) is 3. The number of aromatic nitrogens is 2. The number of carbonyl (C=O) groups excluding carboxylic acids is 2. The Hall–Kier alpha value is -3.15. The number of carbonyl (C=O) groups is 2. The third-order valence-electron chi connectivity index (χ3n) is 4.68. The monoisotopic (exact) mass is 378 g/mol. The zero-order valence-electron chi connectivity index (χ0n) is 16.1. The Morgan fingerprint density at radius 2 is 1.86 bits per heavy atom. The van der Waals surface area contributed by atoms with E-state index in [2.05, 4.69) is 33.6 Å². The number of nitrogens with zero attached hydrogens (tertiary/aromatic N) is 1. The molecule has 0 aliphatic heterocycles. The van der Waals surface area contributed by atoms with Crippen molar-refractivity contribution in [2.45, 2.75) is 32.6 Å². The van der Waals surface area contributed by atoms with Gasteiger partial charge in [0.15, 0.2) is 0 Å². The summed E-state index contributed by atoms with van der Waals surface area (Å²) in [6, 6.07) is 11.2. The molecule has 3 N–H and O–H groups in total. The van der Waals surface area contributed by atoms with Crippen LogP contribution in [0.5, 0.6) is 0 Å². The quantitative estimate of drug-likeness (QED) is 0.498. The lowest BCUT2D eigenvalue weighted by molar-refractivity contribution is 0.0949. The van der Waals surface area contributed by atoms with E-state index in [-0.39, 0.29) is 17.5 Å². The Morgan fingerprint density at radius 1 is 1.04 bits per heavy atom. The summed E-state index contributed by atoms with van der Waals surface area (Å²) in [7, 11) is 0. The third kappa shape index (κ3) is 4.97. The lowest BCUT2D eigenvalue weighted by atomic mass is 10.1. The average molecular weight is 378 g/mol. The zero-order chi connectivity index (χ0) is 19.8. The van der Waals surface area contributed by atoms with Gasteiger partial charge in [0.25, 0.3) is 11.8 Å². The number of benzene rings is 1. The van der Waals surface area contributed by atoms with Crippen molar-refractivity contribution < 1.29 is 9.59 Å². The second-order valence-electron chi connectivity index (χ2n) is 6.76. The second-order valence-corrected chi connectivity index (χ2v) is 6.76. The number of amides is 2. The summed E-state index contributed by atoms with van der Waals surface area (Å²) in [4.78, 5) is 31.9. The molecule has 0 fully saturated rings. The molecule has 0 unspecified atom stereocenters. The molecule has 2 amide bonds. The highest BCUT2D eigenvalue weighted by Gasteiger charge is 2.12. The van der Waals surface area contributed by atoms with E-state index >= 15 is 0 Å². The zero-order valence-corrected chi connectivity index (χ0v) is 16.1. The van der Waals surface area contributed by atoms with Crippen molar-refractivity contribution in [2.24, 2.45) is 0 Å². The van der Waals surface area contributed by atoms with Crippen molar-refractivity contribution in [2.75, 3.05) is 13.1 Å². The van der Waals surface area contributed by atoms with Gasteiger partial charge in [-0.05, 0) is 36.6 Å². The summed E-state index contributed by atoms with van der Waals surface area (Å²) >= 11 is 0. The lowest BCUT2D eigenvalue weighted by Crippen LogP contribution is -2.28. The smallest absolute Gasteiger partial charge is 0.269 e. The SMILES string of the molecule is CCCCCNC(=O)c1ccnc(C(=O)NCCc2c[nH]c3ccccc23)c1. The van der Waals surface area contributed by atoms with Crippen molar-refractivity contribution in [1.82, 2.24) is 20.6 Å². The van der Waals surface area contributed by atoms with Crippen LogP contribution in [0.4, 0.5) is 0 Å². The Bertz CT molecular complexity index is 948. The maximum Gasteiger partial charge on any atom is 0.269 e. The normalized spacial score (nSPS) is 10.8. The number of aromatic amines is 1. The number of pyridine rings is 1. The van der Waals surface area contributed by atoms with Crippen LogP contribution in [0.15, 0.2) is 48.8 Å². The topological polar surface area (TPSA) is 86.9 Å². The summed E-state index contributed by atoms with van der Waals surface area (Å²) in [5.41, 5.74) is 2.95. The molecule has 0 bridgehead atoms. The molecular weight excluding hydrogens is 352 g/mol. The third-order valence-corrected chi connectivity index (χ3v) is 4.68. The van der Waals surface area contributed by atoms with E-state index in [0.717, 1.165) is 35.7 Å². The molecule has 3 aromatic rings. The second kappa shape index (κ2) is 9.69. The number of hydrogen-bond acceptors (Lipinski definition) is 3. The van der Waals surface area contributed by atoms with Crippen molar-refractivity contribution in [1.29, 1.82) is 0 Å². The fraction of sp³-hybridized carbons (Fsp3) is 0.318. The molecular formula is C22H26N4O2. The van der Waals surface area contributed by atoms with Crippen LogP contribution in [0.1, 0.15) is 52.6 Å². The van der Waals surface area contributed by atoms with Crippen molar-refractivity contribution in [3.05, 3.63) is 65.6 Å². The van der Waals surface area contributed by atoms with Gasteiger partial charge >= 0.3 is 0 Å². The van der Waals surface area contributed by atoms with Gasteiger partial charge < -0.3 is 15.6 Å². The fourth-order valence-corrected chi connectivity index (χ4v) is 3.11. The summed E-state index contributed by atoms with van der Waals surface area (Å²) in [5, 5.41) is 6.92. The molecule has 2 aromatic heterocycles. The van der Waals surface area contributed by atoms with Gasteiger partial charge in [-0.25, -0.2) is 0 Å². The minimum atomic E-state index is -0.277. The molecule has 3 rings (SSSR count). The maximum atomic E-state index is 12.4. The molecule has 0 saturated heterocycles. The highest BCUT2D eigenvalue weighted by molar-refractivity contribution is 5.98. The van der Waals surface area contributed by atoms with E-state index in [1.54, 1.807) is 6.07 Å². The molecule has 0 aliphatic rings. The first-order valence-corrected chi connectivity index (χ1v) is 9.76. The van der Waals surface area contributed by atoms with Gasteiger partial charge in [-0.2, -0.15) is 0 Å². The number of unbranched alkanes of at least 4 members (excludes halogenated alkanes) is 2. The molecule has 28 heavy (non-hydrogen) atoms. The molecule has 0 saturated carbocycles. The first kappa shape index (κ1) is 19.6. The van der Waals surface area contributed by atoms with E-state index in [1.165, 1.54) is 12.3 Å². The van der Waals surface area contributed by atoms with Crippen LogP contribution >= 0.6 is 0 Å². The van der Waals surface area contributed by atoms with E-state index in [4.69, 9.17) is 0 Å². The van der Waals surface area contributed by atoms with Crippen molar-refractivity contribution >= 4 is 22.7 Å². The van der Waals surface area contributed by atoms with Crippen LogP contribution in [-0.2, 0) is 6.42 Å². The highest BCUT2D eigenvalue weighted by Crippen LogP contribution is 2.17. The van der Waals surface area contributed by atoms with Crippen LogP contribution in [0.2, 0.25) is 0 Å². The largest absolute Gasteiger partial charge is 0.361 e. The summed E-state index contributed by atoms with van der Waals surface area (Å²) in [6.45, 7) is 3.26. The molecule has 6 heteroatoms. The minimum absolute atomic E-state index is 0.175. The maximum absolute atomic E-state index is 12.4. The van der Waals surface area contributed by atoms with E-state index < -0.39 is 0 Å². The molecule has 1 aromatic carbocycles. The summed E-state index contributed by atoms with van der Waals surface area (Å²) in [6.07, 6.45) is 7.32.